The maximum atomic E-state index is 12.2. The summed E-state index contributed by atoms with van der Waals surface area (Å²) < 4.78 is 0. The molecule has 2 atom stereocenters. The number of amides is 1. The summed E-state index contributed by atoms with van der Waals surface area (Å²) in [6.07, 6.45) is 6.22. The molecule has 3 nitrogen and oxygen atoms in total. The lowest BCUT2D eigenvalue weighted by molar-refractivity contribution is -0.116. The molecule has 1 N–H and O–H groups in total. The van der Waals surface area contributed by atoms with Gasteiger partial charge in [0.15, 0.2) is 0 Å². The molecule has 2 unspecified atom stereocenters. The van der Waals surface area contributed by atoms with Crippen molar-refractivity contribution in [2.75, 3.05) is 0 Å². The summed E-state index contributed by atoms with van der Waals surface area (Å²) in [7, 11) is 0. The van der Waals surface area contributed by atoms with Gasteiger partial charge in [-0.15, -0.1) is 0 Å². The van der Waals surface area contributed by atoms with Crippen LogP contribution in [0.25, 0.3) is 17.0 Å². The van der Waals surface area contributed by atoms with Gasteiger partial charge in [-0.25, -0.2) is 0 Å². The van der Waals surface area contributed by atoms with Crippen LogP contribution in [-0.4, -0.2) is 16.9 Å². The fourth-order valence-electron chi connectivity index (χ4n) is 3.08. The highest BCUT2D eigenvalue weighted by Crippen LogP contribution is 2.40. The number of carbonyl (C=O) groups is 1. The molecule has 1 saturated carbocycles. The third-order valence-corrected chi connectivity index (χ3v) is 4.42. The molecule has 2 aromatic carbocycles. The molecule has 0 saturated heterocycles. The predicted octanol–water partition coefficient (Wildman–Crippen LogP) is 3.92. The predicted molar refractivity (Wildman–Crippen MR) is 96.5 cm³/mol. The Balaban J connectivity index is 1.42. The first kappa shape index (κ1) is 14.6. The topological polar surface area (TPSA) is 42.0 Å². The van der Waals surface area contributed by atoms with E-state index < -0.39 is 0 Å². The van der Waals surface area contributed by atoms with E-state index in [0.29, 0.717) is 5.92 Å². The first-order valence-corrected chi connectivity index (χ1v) is 8.18. The van der Waals surface area contributed by atoms with Crippen LogP contribution in [0.15, 0.2) is 72.9 Å². The Morgan fingerprint density at radius 3 is 2.75 bits per heavy atom. The van der Waals surface area contributed by atoms with E-state index >= 15 is 0 Å². The number of benzene rings is 2. The van der Waals surface area contributed by atoms with E-state index in [-0.39, 0.29) is 11.9 Å². The molecule has 4 rings (SSSR count). The van der Waals surface area contributed by atoms with Crippen LogP contribution in [-0.2, 0) is 4.79 Å². The number of aromatic nitrogens is 1. The SMILES string of the molecule is O=C(C=Cc1cccc2cccnc12)NC1CC1c1ccccc1. The van der Waals surface area contributed by atoms with Crippen molar-refractivity contribution in [3.63, 3.8) is 0 Å². The molecule has 0 spiro atoms. The lowest BCUT2D eigenvalue weighted by Crippen LogP contribution is -2.24. The second-order valence-corrected chi connectivity index (χ2v) is 6.12. The number of hydrogen-bond acceptors (Lipinski definition) is 2. The van der Waals surface area contributed by atoms with Gasteiger partial charge < -0.3 is 5.32 Å². The fraction of sp³-hybridized carbons (Fsp3) is 0.143. The van der Waals surface area contributed by atoms with Crippen LogP contribution in [0, 0.1) is 0 Å². The van der Waals surface area contributed by atoms with Gasteiger partial charge in [-0.05, 0) is 24.1 Å². The van der Waals surface area contributed by atoms with E-state index in [1.807, 2.05) is 54.6 Å². The second kappa shape index (κ2) is 6.28. The van der Waals surface area contributed by atoms with Crippen LogP contribution in [0.3, 0.4) is 0 Å². The van der Waals surface area contributed by atoms with Crippen molar-refractivity contribution in [3.8, 4) is 0 Å². The maximum Gasteiger partial charge on any atom is 0.244 e. The number of fused-ring (bicyclic) bond motifs is 1. The van der Waals surface area contributed by atoms with Crippen molar-refractivity contribution >= 4 is 22.9 Å². The number of nitrogens with zero attached hydrogens (tertiary/aromatic N) is 1. The number of para-hydroxylation sites is 1. The smallest absolute Gasteiger partial charge is 0.244 e. The molecule has 0 aliphatic heterocycles. The quantitative estimate of drug-likeness (QED) is 0.742. The molecular weight excluding hydrogens is 296 g/mol. The Morgan fingerprint density at radius 2 is 1.88 bits per heavy atom. The monoisotopic (exact) mass is 314 g/mol. The standard InChI is InChI=1S/C21H18N2O/c24-20(23-19-14-18(19)15-6-2-1-3-7-15)12-11-17-9-4-8-16-10-5-13-22-21(16)17/h1-13,18-19H,14H2,(H,23,24). The highest BCUT2D eigenvalue weighted by Gasteiger charge is 2.38. The van der Waals surface area contributed by atoms with Crippen molar-refractivity contribution in [1.29, 1.82) is 0 Å². The van der Waals surface area contributed by atoms with Crippen LogP contribution >= 0.6 is 0 Å². The number of carbonyl (C=O) groups excluding carboxylic acids is 1. The van der Waals surface area contributed by atoms with Crippen molar-refractivity contribution in [3.05, 3.63) is 84.1 Å². The highest BCUT2D eigenvalue weighted by atomic mass is 16.1. The van der Waals surface area contributed by atoms with Crippen molar-refractivity contribution in [2.45, 2.75) is 18.4 Å². The minimum Gasteiger partial charge on any atom is -0.349 e. The zero-order valence-electron chi connectivity index (χ0n) is 13.2. The fourth-order valence-corrected chi connectivity index (χ4v) is 3.08. The van der Waals surface area contributed by atoms with E-state index in [2.05, 4.69) is 22.4 Å². The van der Waals surface area contributed by atoms with Gasteiger partial charge in [0.05, 0.1) is 5.52 Å². The molecule has 1 heterocycles. The molecule has 0 radical (unpaired) electrons. The average molecular weight is 314 g/mol. The number of rotatable bonds is 4. The second-order valence-electron chi connectivity index (χ2n) is 6.12. The van der Waals surface area contributed by atoms with Crippen LogP contribution in [0.1, 0.15) is 23.5 Å². The van der Waals surface area contributed by atoms with E-state index in [4.69, 9.17) is 0 Å². The summed E-state index contributed by atoms with van der Waals surface area (Å²) in [5.41, 5.74) is 3.17. The van der Waals surface area contributed by atoms with Crippen LogP contribution < -0.4 is 5.32 Å². The summed E-state index contributed by atoms with van der Waals surface area (Å²) >= 11 is 0. The molecule has 3 heteroatoms. The molecule has 1 aliphatic rings. The van der Waals surface area contributed by atoms with Crippen molar-refractivity contribution in [1.82, 2.24) is 10.3 Å². The van der Waals surface area contributed by atoms with E-state index in [1.165, 1.54) is 5.56 Å². The minimum absolute atomic E-state index is 0.0497. The zero-order chi connectivity index (χ0) is 16.4. The highest BCUT2D eigenvalue weighted by molar-refractivity contribution is 5.95. The molecule has 118 valence electrons. The van der Waals surface area contributed by atoms with Crippen LogP contribution in [0.5, 0.6) is 0 Å². The Kier molecular flexibility index (Phi) is 3.83. The first-order chi connectivity index (χ1) is 11.8. The van der Waals surface area contributed by atoms with Crippen LogP contribution in [0.4, 0.5) is 0 Å². The third kappa shape index (κ3) is 3.06. The van der Waals surface area contributed by atoms with Crippen LogP contribution in [0.2, 0.25) is 0 Å². The van der Waals surface area contributed by atoms with Gasteiger partial charge in [-0.2, -0.15) is 0 Å². The van der Waals surface area contributed by atoms with Gasteiger partial charge in [-0.1, -0.05) is 54.6 Å². The summed E-state index contributed by atoms with van der Waals surface area (Å²) in [4.78, 5) is 16.6. The van der Waals surface area contributed by atoms with Gasteiger partial charge >= 0.3 is 0 Å². The Morgan fingerprint density at radius 1 is 1.04 bits per heavy atom. The molecule has 3 aromatic rings. The van der Waals surface area contributed by atoms with Gasteiger partial charge in [0.25, 0.3) is 0 Å². The molecule has 1 fully saturated rings. The lowest BCUT2D eigenvalue weighted by Gasteiger charge is -2.03. The van der Waals surface area contributed by atoms with Gasteiger partial charge in [-0.3, -0.25) is 9.78 Å². The van der Waals surface area contributed by atoms with E-state index in [0.717, 1.165) is 22.9 Å². The molecule has 1 amide bonds. The Hall–Kier alpha value is -2.94. The van der Waals surface area contributed by atoms with Gasteiger partial charge in [0.2, 0.25) is 5.91 Å². The molecular formula is C21H18N2O. The summed E-state index contributed by atoms with van der Waals surface area (Å²) in [5.74, 6) is 0.397. The van der Waals surface area contributed by atoms with Gasteiger partial charge in [0, 0.05) is 35.2 Å². The largest absolute Gasteiger partial charge is 0.349 e. The Labute approximate surface area is 141 Å². The van der Waals surface area contributed by atoms with E-state index in [9.17, 15) is 4.79 Å². The third-order valence-electron chi connectivity index (χ3n) is 4.42. The van der Waals surface area contributed by atoms with Crippen molar-refractivity contribution < 1.29 is 4.79 Å². The maximum absolute atomic E-state index is 12.2. The molecule has 1 aliphatic carbocycles. The lowest BCUT2D eigenvalue weighted by atomic mass is 10.1. The normalized spacial score (nSPS) is 19.5. The number of pyridine rings is 1. The summed E-state index contributed by atoms with van der Waals surface area (Å²) in [6, 6.07) is 20.5. The summed E-state index contributed by atoms with van der Waals surface area (Å²) in [6.45, 7) is 0. The molecule has 1 aromatic heterocycles. The number of nitrogens with one attached hydrogen (secondary N) is 1. The first-order valence-electron chi connectivity index (χ1n) is 8.18. The van der Waals surface area contributed by atoms with E-state index in [1.54, 1.807) is 12.3 Å². The average Bonchev–Trinajstić information content (AvgIpc) is 3.40. The zero-order valence-corrected chi connectivity index (χ0v) is 13.2. The molecule has 24 heavy (non-hydrogen) atoms. The summed E-state index contributed by atoms with van der Waals surface area (Å²) in [5, 5.41) is 4.15. The van der Waals surface area contributed by atoms with Gasteiger partial charge in [0.1, 0.15) is 0 Å². The Bertz CT molecular complexity index is 897. The molecule has 0 bridgehead atoms. The number of hydrogen-bond donors (Lipinski definition) is 1. The minimum atomic E-state index is -0.0497. The van der Waals surface area contributed by atoms with Crippen molar-refractivity contribution in [2.24, 2.45) is 0 Å².